The Labute approximate surface area is 137 Å². The molecule has 0 heterocycles. The van der Waals surface area contributed by atoms with E-state index < -0.39 is 10.0 Å². The molecule has 5 nitrogen and oxygen atoms in total. The van der Waals surface area contributed by atoms with E-state index in [0.717, 1.165) is 21.8 Å². The number of benzene rings is 2. The molecule has 0 aliphatic carbocycles. The lowest BCUT2D eigenvalue weighted by Gasteiger charge is -2.25. The van der Waals surface area contributed by atoms with E-state index in [9.17, 15) is 13.2 Å². The Kier molecular flexibility index (Phi) is 5.05. The molecule has 0 aliphatic heterocycles. The van der Waals surface area contributed by atoms with Crippen molar-refractivity contribution >= 4 is 27.3 Å². The Morgan fingerprint density at radius 3 is 2.04 bits per heavy atom. The lowest BCUT2D eigenvalue weighted by molar-refractivity contribution is -0.116. The maximum atomic E-state index is 12.5. The summed E-state index contributed by atoms with van der Waals surface area (Å²) in [5.41, 5.74) is 2.22. The van der Waals surface area contributed by atoms with Crippen LogP contribution < -0.4 is 9.21 Å². The van der Waals surface area contributed by atoms with Gasteiger partial charge in [-0.25, -0.2) is 8.42 Å². The zero-order valence-corrected chi connectivity index (χ0v) is 14.2. The van der Waals surface area contributed by atoms with Crippen molar-refractivity contribution in [2.45, 2.75) is 6.92 Å². The van der Waals surface area contributed by atoms with Crippen LogP contribution >= 0.6 is 0 Å². The molecule has 0 N–H and O–H groups in total. The van der Waals surface area contributed by atoms with Crippen molar-refractivity contribution in [1.29, 1.82) is 0 Å². The van der Waals surface area contributed by atoms with Crippen molar-refractivity contribution in [1.82, 2.24) is 0 Å². The molecule has 0 unspecified atom stereocenters. The first-order valence-electron chi connectivity index (χ1n) is 7.15. The van der Waals surface area contributed by atoms with Gasteiger partial charge in [-0.1, -0.05) is 35.9 Å². The number of rotatable bonds is 5. The third-order valence-electron chi connectivity index (χ3n) is 3.52. The highest BCUT2D eigenvalue weighted by Crippen LogP contribution is 2.19. The number of aryl methyl sites for hydroxylation is 1. The Morgan fingerprint density at radius 2 is 1.52 bits per heavy atom. The normalized spacial score (nSPS) is 11.1. The molecule has 0 aliphatic rings. The van der Waals surface area contributed by atoms with Crippen molar-refractivity contribution in [3.63, 3.8) is 0 Å². The number of sulfonamides is 1. The number of carbonyl (C=O) groups is 1. The maximum absolute atomic E-state index is 12.5. The molecule has 0 spiro atoms. The predicted molar refractivity (Wildman–Crippen MR) is 93.2 cm³/mol. The number of amides is 1. The van der Waals surface area contributed by atoms with E-state index in [-0.39, 0.29) is 12.5 Å². The van der Waals surface area contributed by atoms with E-state index in [2.05, 4.69) is 0 Å². The van der Waals surface area contributed by atoms with Crippen LogP contribution in [0.4, 0.5) is 11.4 Å². The molecule has 2 aromatic carbocycles. The molecule has 6 heteroatoms. The molecule has 0 bridgehead atoms. The van der Waals surface area contributed by atoms with Crippen LogP contribution in [-0.4, -0.2) is 34.2 Å². The summed E-state index contributed by atoms with van der Waals surface area (Å²) in [5, 5.41) is 0. The molecule has 0 aromatic heterocycles. The largest absolute Gasteiger partial charge is 0.314 e. The number of anilines is 2. The van der Waals surface area contributed by atoms with E-state index >= 15 is 0 Å². The van der Waals surface area contributed by atoms with E-state index in [1.807, 2.05) is 37.3 Å². The minimum absolute atomic E-state index is 0.243. The van der Waals surface area contributed by atoms with Gasteiger partial charge in [0.25, 0.3) is 0 Å². The Bertz CT molecular complexity index is 771. The Morgan fingerprint density at radius 1 is 0.957 bits per heavy atom. The topological polar surface area (TPSA) is 57.7 Å². The molecular weight excluding hydrogens is 312 g/mol. The summed E-state index contributed by atoms with van der Waals surface area (Å²) in [6.45, 7) is 1.68. The summed E-state index contributed by atoms with van der Waals surface area (Å²) in [7, 11) is -1.92. The molecule has 1 amide bonds. The van der Waals surface area contributed by atoms with Gasteiger partial charge in [0.15, 0.2) is 0 Å². The first kappa shape index (κ1) is 17.0. The van der Waals surface area contributed by atoms with Gasteiger partial charge >= 0.3 is 0 Å². The SMILES string of the molecule is Cc1ccc(N(CC(=O)N(C)c2ccccc2)S(C)(=O)=O)cc1. The van der Waals surface area contributed by atoms with Gasteiger partial charge in [0.2, 0.25) is 15.9 Å². The average Bonchev–Trinajstić information content (AvgIpc) is 2.52. The Balaban J connectivity index is 2.25. The number of carbonyl (C=O) groups excluding carboxylic acids is 1. The minimum Gasteiger partial charge on any atom is -0.314 e. The van der Waals surface area contributed by atoms with Crippen LogP contribution in [0, 0.1) is 6.92 Å². The van der Waals surface area contributed by atoms with Gasteiger partial charge in [-0.15, -0.1) is 0 Å². The average molecular weight is 332 g/mol. The number of nitrogens with zero attached hydrogens (tertiary/aromatic N) is 2. The lowest BCUT2D eigenvalue weighted by atomic mass is 10.2. The molecule has 0 fully saturated rings. The van der Waals surface area contributed by atoms with Crippen molar-refractivity contribution in [3.8, 4) is 0 Å². The zero-order chi connectivity index (χ0) is 17.0. The third kappa shape index (κ3) is 4.32. The fourth-order valence-electron chi connectivity index (χ4n) is 2.14. The van der Waals surface area contributed by atoms with E-state index in [4.69, 9.17) is 0 Å². The van der Waals surface area contributed by atoms with E-state index in [1.54, 1.807) is 31.3 Å². The fraction of sp³-hybridized carbons (Fsp3) is 0.235. The summed E-state index contributed by atoms with van der Waals surface area (Å²) in [6.07, 6.45) is 1.10. The monoisotopic (exact) mass is 332 g/mol. The number of likely N-dealkylation sites (N-methyl/N-ethyl adjacent to an activating group) is 1. The van der Waals surface area contributed by atoms with Gasteiger partial charge in [-0.05, 0) is 31.2 Å². The van der Waals surface area contributed by atoms with Gasteiger partial charge in [0, 0.05) is 12.7 Å². The van der Waals surface area contributed by atoms with Gasteiger partial charge in [-0.3, -0.25) is 9.10 Å². The highest BCUT2D eigenvalue weighted by molar-refractivity contribution is 7.92. The second-order valence-electron chi connectivity index (χ2n) is 5.39. The summed E-state index contributed by atoms with van der Waals surface area (Å²) < 4.78 is 25.3. The lowest BCUT2D eigenvalue weighted by Crippen LogP contribution is -2.41. The van der Waals surface area contributed by atoms with Gasteiger partial charge in [0.05, 0.1) is 11.9 Å². The van der Waals surface area contributed by atoms with E-state index in [1.165, 1.54) is 4.90 Å². The summed E-state index contributed by atoms with van der Waals surface area (Å²) in [4.78, 5) is 13.9. The molecule has 2 rings (SSSR count). The van der Waals surface area contributed by atoms with Gasteiger partial charge in [-0.2, -0.15) is 0 Å². The second-order valence-corrected chi connectivity index (χ2v) is 7.30. The first-order chi connectivity index (χ1) is 10.8. The quantitative estimate of drug-likeness (QED) is 0.845. The standard InChI is InChI=1S/C17H20N2O3S/c1-14-9-11-16(12-10-14)19(23(3,21)22)13-17(20)18(2)15-7-5-4-6-8-15/h4-12H,13H2,1-3H3. The molecule has 2 aromatic rings. The summed E-state index contributed by atoms with van der Waals surface area (Å²) in [5.74, 6) is -0.304. The molecule has 0 radical (unpaired) electrons. The first-order valence-corrected chi connectivity index (χ1v) is 9.00. The van der Waals surface area contributed by atoms with Crippen LogP contribution in [0.5, 0.6) is 0 Å². The highest BCUT2D eigenvalue weighted by atomic mass is 32.2. The molecule has 0 atom stereocenters. The Hall–Kier alpha value is -2.34. The zero-order valence-electron chi connectivity index (χ0n) is 13.4. The van der Waals surface area contributed by atoms with Crippen LogP contribution in [0.1, 0.15) is 5.56 Å². The molecule has 0 saturated heterocycles. The maximum Gasteiger partial charge on any atom is 0.247 e. The second kappa shape index (κ2) is 6.83. The predicted octanol–water partition coefficient (Wildman–Crippen LogP) is 2.42. The van der Waals surface area contributed by atoms with Crippen LogP contribution in [0.3, 0.4) is 0 Å². The van der Waals surface area contributed by atoms with Crippen LogP contribution in [0.2, 0.25) is 0 Å². The fourth-order valence-corrected chi connectivity index (χ4v) is 2.99. The van der Waals surface area contributed by atoms with Crippen LogP contribution in [0.15, 0.2) is 54.6 Å². The van der Waals surface area contributed by atoms with Crippen molar-refractivity contribution < 1.29 is 13.2 Å². The van der Waals surface area contributed by atoms with Crippen molar-refractivity contribution in [2.75, 3.05) is 29.1 Å². The molecule has 23 heavy (non-hydrogen) atoms. The summed E-state index contributed by atoms with van der Waals surface area (Å²) >= 11 is 0. The molecule has 122 valence electrons. The van der Waals surface area contributed by atoms with Gasteiger partial charge in [0.1, 0.15) is 6.54 Å². The van der Waals surface area contributed by atoms with Crippen LogP contribution in [-0.2, 0) is 14.8 Å². The number of para-hydroxylation sites is 1. The smallest absolute Gasteiger partial charge is 0.247 e. The van der Waals surface area contributed by atoms with Crippen molar-refractivity contribution in [2.24, 2.45) is 0 Å². The van der Waals surface area contributed by atoms with E-state index in [0.29, 0.717) is 5.69 Å². The molecule has 0 saturated carbocycles. The van der Waals surface area contributed by atoms with Crippen LogP contribution in [0.25, 0.3) is 0 Å². The van der Waals surface area contributed by atoms with Crippen molar-refractivity contribution in [3.05, 3.63) is 60.2 Å². The minimum atomic E-state index is -3.56. The number of hydrogen-bond acceptors (Lipinski definition) is 3. The number of hydrogen-bond donors (Lipinski definition) is 0. The molecular formula is C17H20N2O3S. The van der Waals surface area contributed by atoms with Gasteiger partial charge < -0.3 is 4.90 Å². The highest BCUT2D eigenvalue weighted by Gasteiger charge is 2.23. The third-order valence-corrected chi connectivity index (χ3v) is 4.66. The summed E-state index contributed by atoms with van der Waals surface area (Å²) in [6, 6.07) is 16.1.